The lowest BCUT2D eigenvalue weighted by Gasteiger charge is -2.42. The summed E-state index contributed by atoms with van der Waals surface area (Å²) >= 11 is 1.55. The number of anilines is 3. The number of aliphatic hydroxyl groups is 2. The molecule has 0 amide bonds. The average Bonchev–Trinajstić information content (AvgIpc) is 3.27. The molecule has 0 radical (unpaired) electrons. The molecule has 1 saturated heterocycles. The number of aliphatic hydroxyl groups excluding tert-OH is 2. The number of allylic oxidation sites excluding steroid dienone is 2. The van der Waals surface area contributed by atoms with Crippen molar-refractivity contribution < 1.29 is 14.9 Å². The molecule has 1 aromatic heterocycles. The van der Waals surface area contributed by atoms with Crippen LogP contribution in [-0.4, -0.2) is 86.4 Å². The fraction of sp³-hybridized carbons (Fsp3) is 0.619. The number of nitrogens with two attached hydrogens (primary N) is 1. The SMILES string of the molecule is C.CC1=CC(C)=NC2=NC(C)(SC[C@H]3CO[C@@H](N4CN(C)c5c(N)ncnc54)[C@H](O)[C@@H]3O)NN12. The summed E-state index contributed by atoms with van der Waals surface area (Å²) in [5.41, 5.74) is 12.0. The molecule has 186 valence electrons. The number of thioether (sulfide) groups is 1. The number of ether oxygens (including phenoxy) is 1. The van der Waals surface area contributed by atoms with Crippen LogP contribution in [0.3, 0.4) is 0 Å². The zero-order valence-electron chi connectivity index (χ0n) is 19.0. The van der Waals surface area contributed by atoms with Crippen molar-refractivity contribution in [2.75, 3.05) is 41.6 Å². The standard InChI is InChI=1S/C20H29N9O3S.CH4/c1-10-5-11(2)29-19(24-10)25-20(3,26-29)33-7-12-6-32-18(15(31)14(12)30)28-9-27(4)13-16(21)22-8-23-17(13)28;/h5,8,12,14-15,18,26,30-31H,6-7,9H2,1-4H3,(H2,21,22,23);1H4/t12-,14-,15-,18-,20?;/m1./s1. The van der Waals surface area contributed by atoms with E-state index in [0.717, 1.165) is 11.4 Å². The lowest BCUT2D eigenvalue weighted by atomic mass is 9.96. The quantitative estimate of drug-likeness (QED) is 0.468. The molecule has 5 heterocycles. The maximum Gasteiger partial charge on any atom is 0.242 e. The van der Waals surface area contributed by atoms with Crippen LogP contribution >= 0.6 is 11.8 Å². The minimum Gasteiger partial charge on any atom is -0.390 e. The summed E-state index contributed by atoms with van der Waals surface area (Å²) in [5, 5.41) is 23.7. The molecule has 4 aliphatic heterocycles. The van der Waals surface area contributed by atoms with E-state index in [9.17, 15) is 10.2 Å². The maximum atomic E-state index is 10.9. The minimum atomic E-state index is -1.11. The van der Waals surface area contributed by atoms with E-state index in [2.05, 4.69) is 20.4 Å². The Labute approximate surface area is 203 Å². The van der Waals surface area contributed by atoms with Crippen LogP contribution in [0, 0.1) is 5.92 Å². The molecule has 1 unspecified atom stereocenters. The van der Waals surface area contributed by atoms with Gasteiger partial charge >= 0.3 is 0 Å². The second kappa shape index (κ2) is 8.96. The second-order valence-electron chi connectivity index (χ2n) is 8.90. The van der Waals surface area contributed by atoms with Gasteiger partial charge < -0.3 is 30.5 Å². The number of rotatable bonds is 4. The van der Waals surface area contributed by atoms with Gasteiger partial charge in [-0.1, -0.05) is 7.43 Å². The van der Waals surface area contributed by atoms with Gasteiger partial charge in [-0.2, -0.15) is 5.43 Å². The van der Waals surface area contributed by atoms with Gasteiger partial charge in [0.1, 0.15) is 18.1 Å². The Balaban J connectivity index is 0.00000274. The van der Waals surface area contributed by atoms with Gasteiger partial charge in [-0.3, -0.25) is 0 Å². The topological polar surface area (TPSA) is 148 Å². The van der Waals surface area contributed by atoms with Crippen LogP contribution < -0.4 is 21.0 Å². The van der Waals surface area contributed by atoms with E-state index < -0.39 is 23.4 Å². The molecule has 5 N–H and O–H groups in total. The van der Waals surface area contributed by atoms with E-state index in [1.807, 2.05) is 48.7 Å². The second-order valence-corrected chi connectivity index (χ2v) is 10.3. The minimum absolute atomic E-state index is 0. The van der Waals surface area contributed by atoms with E-state index in [1.54, 1.807) is 11.8 Å². The van der Waals surface area contributed by atoms with Crippen molar-refractivity contribution in [1.29, 1.82) is 0 Å². The summed E-state index contributed by atoms with van der Waals surface area (Å²) in [6, 6.07) is 0. The van der Waals surface area contributed by atoms with E-state index >= 15 is 0 Å². The summed E-state index contributed by atoms with van der Waals surface area (Å²) in [7, 11) is 1.87. The molecule has 4 aliphatic rings. The van der Waals surface area contributed by atoms with Crippen molar-refractivity contribution in [1.82, 2.24) is 20.4 Å². The first-order valence-corrected chi connectivity index (χ1v) is 11.8. The number of hydrazine groups is 1. The van der Waals surface area contributed by atoms with Gasteiger partial charge in [0, 0.05) is 30.1 Å². The highest BCUT2D eigenvalue weighted by atomic mass is 32.2. The van der Waals surface area contributed by atoms with Crippen LogP contribution in [0.15, 0.2) is 28.1 Å². The first-order valence-electron chi connectivity index (χ1n) is 10.8. The Morgan fingerprint density at radius 3 is 2.82 bits per heavy atom. The third kappa shape index (κ3) is 4.11. The fourth-order valence-electron chi connectivity index (χ4n) is 4.55. The van der Waals surface area contributed by atoms with Gasteiger partial charge in [-0.05, 0) is 26.8 Å². The molecule has 34 heavy (non-hydrogen) atoms. The van der Waals surface area contributed by atoms with Gasteiger partial charge in [0.25, 0.3) is 0 Å². The molecule has 12 nitrogen and oxygen atoms in total. The largest absolute Gasteiger partial charge is 0.390 e. The summed E-state index contributed by atoms with van der Waals surface area (Å²) in [5.74, 6) is 1.85. The van der Waals surface area contributed by atoms with Gasteiger partial charge in [-0.15, -0.1) is 11.8 Å². The van der Waals surface area contributed by atoms with Gasteiger partial charge in [-0.25, -0.2) is 25.0 Å². The highest BCUT2D eigenvalue weighted by Crippen LogP contribution is 2.40. The molecule has 0 aromatic carbocycles. The summed E-state index contributed by atoms with van der Waals surface area (Å²) in [4.78, 5) is 20.7. The normalized spacial score (nSPS) is 32.5. The molecule has 5 atom stereocenters. The summed E-state index contributed by atoms with van der Waals surface area (Å²) < 4.78 is 6.05. The molecule has 5 rings (SSSR count). The van der Waals surface area contributed by atoms with Gasteiger partial charge in [0.05, 0.1) is 19.4 Å². The van der Waals surface area contributed by atoms with Crippen molar-refractivity contribution in [2.45, 2.75) is 51.6 Å². The number of nitrogens with one attached hydrogen (secondary N) is 1. The zero-order valence-corrected chi connectivity index (χ0v) is 19.8. The molecular formula is C21H33N9O3S. The number of nitrogen functional groups attached to an aromatic ring is 1. The van der Waals surface area contributed by atoms with Gasteiger partial charge in [0.15, 0.2) is 22.9 Å². The molecule has 0 bridgehead atoms. The smallest absolute Gasteiger partial charge is 0.242 e. The number of guanidine groups is 1. The van der Waals surface area contributed by atoms with Gasteiger partial charge in [0.2, 0.25) is 5.96 Å². The Bertz CT molecular complexity index is 1050. The van der Waals surface area contributed by atoms with E-state index in [-0.39, 0.29) is 13.3 Å². The first kappa shape index (κ1) is 24.7. The van der Waals surface area contributed by atoms with Crippen molar-refractivity contribution in [3.8, 4) is 0 Å². The van der Waals surface area contributed by atoms with Crippen LogP contribution in [0.25, 0.3) is 0 Å². The predicted octanol–water partition coefficient (Wildman–Crippen LogP) is 0.564. The Hall–Kier alpha value is -2.45. The Morgan fingerprint density at radius 1 is 1.29 bits per heavy atom. The number of nitrogens with zero attached hydrogens (tertiary/aromatic N) is 7. The average molecular weight is 492 g/mol. The highest BCUT2D eigenvalue weighted by molar-refractivity contribution is 8.00. The van der Waals surface area contributed by atoms with Crippen LogP contribution in [0.5, 0.6) is 0 Å². The fourth-order valence-corrected chi connectivity index (χ4v) is 5.68. The van der Waals surface area contributed by atoms with Crippen LogP contribution in [0.4, 0.5) is 17.3 Å². The van der Waals surface area contributed by atoms with Crippen LogP contribution in [0.2, 0.25) is 0 Å². The third-order valence-electron chi connectivity index (χ3n) is 6.22. The molecular weight excluding hydrogens is 458 g/mol. The van der Waals surface area contributed by atoms with Crippen LogP contribution in [0.1, 0.15) is 28.2 Å². The molecule has 0 spiro atoms. The number of aromatic nitrogens is 2. The lowest BCUT2D eigenvalue weighted by Crippen LogP contribution is -2.58. The molecule has 0 aliphatic carbocycles. The molecule has 0 saturated carbocycles. The van der Waals surface area contributed by atoms with Crippen LogP contribution in [-0.2, 0) is 4.74 Å². The molecule has 1 fully saturated rings. The first-order chi connectivity index (χ1) is 15.7. The van der Waals surface area contributed by atoms with Crippen molar-refractivity contribution >= 4 is 40.8 Å². The number of fused-ring (bicyclic) bond motifs is 2. The Morgan fingerprint density at radius 2 is 2.06 bits per heavy atom. The lowest BCUT2D eigenvalue weighted by molar-refractivity contribution is -0.158. The van der Waals surface area contributed by atoms with E-state index in [4.69, 9.17) is 15.5 Å². The molecule has 13 heteroatoms. The van der Waals surface area contributed by atoms with E-state index in [0.29, 0.717) is 42.3 Å². The predicted molar refractivity (Wildman–Crippen MR) is 134 cm³/mol. The summed E-state index contributed by atoms with van der Waals surface area (Å²) in [6.07, 6.45) is 0.563. The number of hydrogen-bond donors (Lipinski definition) is 4. The highest BCUT2D eigenvalue weighted by Gasteiger charge is 2.46. The zero-order chi connectivity index (χ0) is 23.5. The summed E-state index contributed by atoms with van der Waals surface area (Å²) in [6.45, 7) is 6.62. The third-order valence-corrected chi connectivity index (χ3v) is 7.56. The number of aliphatic imine (C=N–C) groups is 2. The Kier molecular flexibility index (Phi) is 6.50. The van der Waals surface area contributed by atoms with E-state index in [1.165, 1.54) is 6.33 Å². The van der Waals surface area contributed by atoms with Crippen molar-refractivity contribution in [3.05, 3.63) is 18.1 Å². The molecule has 1 aromatic rings. The number of hydrogen-bond acceptors (Lipinski definition) is 13. The van der Waals surface area contributed by atoms with Crippen molar-refractivity contribution in [3.63, 3.8) is 0 Å². The maximum absolute atomic E-state index is 10.9. The van der Waals surface area contributed by atoms with Crippen molar-refractivity contribution in [2.24, 2.45) is 15.9 Å². The monoisotopic (exact) mass is 491 g/mol.